The number of aliphatic hydroxyl groups excluding tert-OH is 6. The van der Waals surface area contributed by atoms with Crippen LogP contribution in [0, 0.1) is 0 Å². The minimum atomic E-state index is -2.48. The van der Waals surface area contributed by atoms with E-state index in [4.69, 9.17) is 28.4 Å². The average molecular weight is 665 g/mol. The minimum Gasteiger partial charge on any atom is -0.508 e. The van der Waals surface area contributed by atoms with Gasteiger partial charge < -0.3 is 69.3 Å². The largest absolute Gasteiger partial charge is 0.508 e. The van der Waals surface area contributed by atoms with Crippen LogP contribution in [0.5, 0.6) is 17.2 Å². The van der Waals surface area contributed by atoms with Crippen molar-refractivity contribution in [1.82, 2.24) is 0 Å². The highest BCUT2D eigenvalue weighted by Gasteiger charge is 2.59. The van der Waals surface area contributed by atoms with Gasteiger partial charge in [-0.05, 0) is 47.5 Å². The van der Waals surface area contributed by atoms with E-state index in [1.165, 1.54) is 61.7 Å². The molecular weight excluding hydrogens is 628 g/mol. The molecule has 8 N–H and O–H groups in total. The number of esters is 2. The summed E-state index contributed by atoms with van der Waals surface area (Å²) < 4.78 is 32.2. The molecular formula is C31H36O16. The maximum Gasteiger partial charge on any atom is 0.330 e. The second kappa shape index (κ2) is 15.7. The summed E-state index contributed by atoms with van der Waals surface area (Å²) in [6.45, 7) is -2.37. The van der Waals surface area contributed by atoms with Gasteiger partial charge in [-0.15, -0.1) is 0 Å². The summed E-state index contributed by atoms with van der Waals surface area (Å²) in [7, 11) is 1.36. The molecule has 2 saturated heterocycles. The van der Waals surface area contributed by atoms with Crippen LogP contribution in [0.4, 0.5) is 0 Å². The molecule has 16 heteroatoms. The lowest BCUT2D eigenvalue weighted by atomic mass is 9.99. The van der Waals surface area contributed by atoms with Crippen LogP contribution in [0.15, 0.2) is 54.6 Å². The van der Waals surface area contributed by atoms with Crippen molar-refractivity contribution in [3.05, 3.63) is 65.7 Å². The summed E-state index contributed by atoms with van der Waals surface area (Å²) in [6, 6.07) is 10.2. The Morgan fingerprint density at radius 3 is 2.13 bits per heavy atom. The van der Waals surface area contributed by atoms with E-state index in [0.717, 1.165) is 12.2 Å². The number of hydrogen-bond donors (Lipinski definition) is 8. The number of aromatic hydroxyl groups is 2. The molecule has 0 saturated carbocycles. The van der Waals surface area contributed by atoms with Crippen LogP contribution >= 0.6 is 0 Å². The smallest absolute Gasteiger partial charge is 0.330 e. The van der Waals surface area contributed by atoms with E-state index < -0.39 is 86.6 Å². The molecule has 4 rings (SSSR count). The third kappa shape index (κ3) is 8.63. The van der Waals surface area contributed by atoms with E-state index >= 15 is 0 Å². The Morgan fingerprint density at radius 2 is 1.47 bits per heavy atom. The molecule has 0 radical (unpaired) electrons. The van der Waals surface area contributed by atoms with Gasteiger partial charge in [-0.3, -0.25) is 0 Å². The van der Waals surface area contributed by atoms with Crippen molar-refractivity contribution < 1.29 is 78.9 Å². The summed E-state index contributed by atoms with van der Waals surface area (Å²) in [5, 5.41) is 81.4. The summed E-state index contributed by atoms with van der Waals surface area (Å²) in [6.07, 6.45) is -9.40. The third-order valence-corrected chi connectivity index (χ3v) is 7.40. The van der Waals surface area contributed by atoms with Crippen LogP contribution in [0.3, 0.4) is 0 Å². The highest BCUT2D eigenvalue weighted by Crippen LogP contribution is 2.37. The Labute approximate surface area is 267 Å². The summed E-state index contributed by atoms with van der Waals surface area (Å²) in [5.41, 5.74) is 1.01. The Bertz CT molecular complexity index is 1430. The van der Waals surface area contributed by atoms with Crippen LogP contribution in [-0.4, -0.2) is 135 Å². The first kappa shape index (κ1) is 35.7. The molecule has 9 atom stereocenters. The highest BCUT2D eigenvalue weighted by molar-refractivity contribution is 5.87. The lowest BCUT2D eigenvalue weighted by Crippen LogP contribution is -2.62. The number of ether oxygens (including phenoxy) is 6. The number of benzene rings is 2. The van der Waals surface area contributed by atoms with Gasteiger partial charge in [0.15, 0.2) is 17.8 Å². The van der Waals surface area contributed by atoms with Crippen molar-refractivity contribution in [3.63, 3.8) is 0 Å². The first-order chi connectivity index (χ1) is 22.4. The van der Waals surface area contributed by atoms with E-state index in [0.29, 0.717) is 11.1 Å². The zero-order valence-electron chi connectivity index (χ0n) is 24.9. The fourth-order valence-electron chi connectivity index (χ4n) is 4.75. The second-order valence-electron chi connectivity index (χ2n) is 10.6. The Balaban J connectivity index is 1.48. The first-order valence-corrected chi connectivity index (χ1v) is 14.3. The third-order valence-electron chi connectivity index (χ3n) is 7.40. The van der Waals surface area contributed by atoms with Crippen LogP contribution in [0.2, 0.25) is 0 Å². The summed E-state index contributed by atoms with van der Waals surface area (Å²) >= 11 is 0. The maximum atomic E-state index is 12.6. The highest BCUT2D eigenvalue weighted by atomic mass is 16.8. The van der Waals surface area contributed by atoms with E-state index in [1.807, 2.05) is 0 Å². The Kier molecular flexibility index (Phi) is 11.9. The molecule has 2 aromatic rings. The molecule has 2 heterocycles. The van der Waals surface area contributed by atoms with E-state index in [2.05, 4.69) is 0 Å². The molecule has 16 nitrogen and oxygen atoms in total. The monoisotopic (exact) mass is 664 g/mol. The lowest BCUT2D eigenvalue weighted by Gasteiger charge is -2.43. The van der Waals surface area contributed by atoms with Gasteiger partial charge in [0.2, 0.25) is 5.79 Å². The number of carbonyl (C=O) groups is 2. The number of hydrogen-bond acceptors (Lipinski definition) is 16. The van der Waals surface area contributed by atoms with Crippen molar-refractivity contribution in [2.24, 2.45) is 0 Å². The predicted octanol–water partition coefficient (Wildman–Crippen LogP) is -1.45. The van der Waals surface area contributed by atoms with Crippen molar-refractivity contribution in [2.45, 2.75) is 54.8 Å². The molecule has 2 fully saturated rings. The maximum absolute atomic E-state index is 12.6. The zero-order chi connectivity index (χ0) is 34.3. The standard InChI is InChI=1S/C31H36O16/c1-42-20-12-17(4-9-19(20)34)6-11-23(35)43-14-22-26(38)29(41)31(46-22,47-30-28(40)27(39)25(37)21(13-32)45-30)15-44-24(36)10-5-16-2-7-18(33)8-3-16/h2-12,21-22,25-30,32-34,37-41H,13-15H2,1H3. The van der Waals surface area contributed by atoms with Gasteiger partial charge in [-0.2, -0.15) is 0 Å². The van der Waals surface area contributed by atoms with E-state index in [-0.39, 0.29) is 17.2 Å². The summed E-state index contributed by atoms with van der Waals surface area (Å²) in [4.78, 5) is 25.0. The molecule has 2 aliphatic heterocycles. The number of phenolic OH excluding ortho intramolecular Hbond substituents is 2. The molecule has 0 amide bonds. The molecule has 2 aliphatic rings. The number of carbonyl (C=O) groups excluding carboxylic acids is 2. The minimum absolute atomic E-state index is 0.0113. The predicted molar refractivity (Wildman–Crippen MR) is 157 cm³/mol. The zero-order valence-corrected chi connectivity index (χ0v) is 24.9. The topological polar surface area (TPSA) is 251 Å². The fourth-order valence-corrected chi connectivity index (χ4v) is 4.75. The van der Waals surface area contributed by atoms with Gasteiger partial charge in [0, 0.05) is 12.2 Å². The second-order valence-corrected chi connectivity index (χ2v) is 10.6. The van der Waals surface area contributed by atoms with Crippen LogP contribution in [-0.2, 0) is 33.3 Å². The summed E-state index contributed by atoms with van der Waals surface area (Å²) in [5.74, 6) is -4.26. The van der Waals surface area contributed by atoms with Gasteiger partial charge >= 0.3 is 11.9 Å². The van der Waals surface area contributed by atoms with Gasteiger partial charge in [0.25, 0.3) is 0 Å². The van der Waals surface area contributed by atoms with Gasteiger partial charge in [0.1, 0.15) is 61.7 Å². The van der Waals surface area contributed by atoms with Gasteiger partial charge in [-0.1, -0.05) is 18.2 Å². The Hall–Kier alpha value is -4.10. The molecule has 0 spiro atoms. The number of aliphatic hydroxyl groups is 6. The fraction of sp³-hybridized carbons (Fsp3) is 0.419. The van der Waals surface area contributed by atoms with E-state index in [9.17, 15) is 50.4 Å². The van der Waals surface area contributed by atoms with Crippen molar-refractivity contribution in [3.8, 4) is 17.2 Å². The lowest BCUT2D eigenvalue weighted by molar-refractivity contribution is -0.383. The molecule has 9 unspecified atom stereocenters. The first-order valence-electron chi connectivity index (χ1n) is 14.3. The Morgan fingerprint density at radius 1 is 0.830 bits per heavy atom. The molecule has 256 valence electrons. The average Bonchev–Trinajstić information content (AvgIpc) is 3.30. The molecule has 0 bridgehead atoms. The van der Waals surface area contributed by atoms with Crippen LogP contribution in [0.1, 0.15) is 11.1 Å². The van der Waals surface area contributed by atoms with Crippen LogP contribution in [0.25, 0.3) is 12.2 Å². The van der Waals surface area contributed by atoms with Crippen molar-refractivity contribution in [1.29, 1.82) is 0 Å². The molecule has 2 aromatic carbocycles. The van der Waals surface area contributed by atoms with Gasteiger partial charge in [0.05, 0.1) is 13.7 Å². The van der Waals surface area contributed by atoms with Crippen molar-refractivity contribution >= 4 is 24.1 Å². The normalized spacial score (nSPS) is 30.9. The van der Waals surface area contributed by atoms with Gasteiger partial charge in [-0.25, -0.2) is 9.59 Å². The van der Waals surface area contributed by atoms with Crippen LogP contribution < -0.4 is 4.74 Å². The molecule has 47 heavy (non-hydrogen) atoms. The molecule has 0 aliphatic carbocycles. The van der Waals surface area contributed by atoms with E-state index in [1.54, 1.807) is 0 Å². The number of rotatable bonds is 12. The number of phenols is 2. The SMILES string of the molecule is COc1cc(C=CC(=O)OCC2OC(COC(=O)C=Cc3ccc(O)cc3)(OC3OC(CO)C(O)C(O)C3O)C(O)C2O)ccc1O. The number of methoxy groups -OCH3 is 1. The molecule has 0 aromatic heterocycles. The quantitative estimate of drug-likeness (QED) is 0.0955. The van der Waals surface area contributed by atoms with Crippen molar-refractivity contribution in [2.75, 3.05) is 26.9 Å².